The van der Waals surface area contributed by atoms with Gasteiger partial charge in [-0.05, 0) is 61.0 Å². The summed E-state index contributed by atoms with van der Waals surface area (Å²) in [6.45, 7) is 2.75. The first kappa shape index (κ1) is 27.3. The normalized spacial score (nSPS) is 12.2. The Morgan fingerprint density at radius 2 is 2.00 bits per heavy atom. The molecule has 1 atom stereocenters. The number of rotatable bonds is 12. The lowest BCUT2D eigenvalue weighted by Crippen LogP contribution is -2.25. The van der Waals surface area contributed by atoms with Crippen molar-refractivity contribution in [1.82, 2.24) is 14.9 Å². The highest BCUT2D eigenvalue weighted by molar-refractivity contribution is 7.93. The molecule has 0 aliphatic rings. The summed E-state index contributed by atoms with van der Waals surface area (Å²) in [6.07, 6.45) is 3.60. The van der Waals surface area contributed by atoms with Crippen LogP contribution in [0.4, 0.5) is 5.69 Å². The molecule has 1 unspecified atom stereocenters. The molecule has 3 heterocycles. The maximum absolute atomic E-state index is 13.0. The van der Waals surface area contributed by atoms with Crippen LogP contribution in [-0.2, 0) is 20.7 Å². The van der Waals surface area contributed by atoms with E-state index in [1.54, 1.807) is 11.1 Å². The van der Waals surface area contributed by atoms with Crippen LogP contribution >= 0.6 is 22.7 Å². The van der Waals surface area contributed by atoms with E-state index in [0.29, 0.717) is 21.4 Å². The van der Waals surface area contributed by atoms with Crippen molar-refractivity contribution in [3.8, 4) is 27.6 Å². The zero-order valence-corrected chi connectivity index (χ0v) is 23.5. The second-order valence-corrected chi connectivity index (χ2v) is 12.3. The molecule has 196 valence electrons. The number of benzene rings is 1. The minimum atomic E-state index is -1.17. The SMILES string of the molecule is CCCC[S+]([O-])c1sc2nc(-c3nccs3)cc(-c3ccc(OCCOC(=O)CN(C)C)cc3)c2c1N. The van der Waals surface area contributed by atoms with Gasteiger partial charge >= 0.3 is 5.97 Å². The Balaban J connectivity index is 1.59. The number of pyridine rings is 1. The summed E-state index contributed by atoms with van der Waals surface area (Å²) in [4.78, 5) is 23.4. The van der Waals surface area contributed by atoms with Gasteiger partial charge in [0.25, 0.3) is 0 Å². The first-order valence-corrected chi connectivity index (χ1v) is 14.9. The molecule has 3 aromatic heterocycles. The number of hydrogen-bond acceptors (Lipinski definition) is 10. The summed E-state index contributed by atoms with van der Waals surface area (Å²) >= 11 is 1.74. The smallest absolute Gasteiger partial charge is 0.320 e. The fourth-order valence-electron chi connectivity index (χ4n) is 3.67. The van der Waals surface area contributed by atoms with Crippen molar-refractivity contribution in [1.29, 1.82) is 0 Å². The number of anilines is 1. The van der Waals surface area contributed by atoms with Gasteiger partial charge in [0.15, 0.2) is 0 Å². The van der Waals surface area contributed by atoms with Gasteiger partial charge in [-0.1, -0.05) is 36.8 Å². The average Bonchev–Trinajstić information content (AvgIpc) is 3.53. The topological polar surface area (TPSA) is 114 Å². The monoisotopic (exact) mass is 558 g/mol. The van der Waals surface area contributed by atoms with E-state index in [1.807, 2.05) is 49.8 Å². The second kappa shape index (κ2) is 12.7. The van der Waals surface area contributed by atoms with Gasteiger partial charge in [-0.2, -0.15) is 0 Å². The Bertz CT molecular complexity index is 1320. The quantitative estimate of drug-likeness (QED) is 0.146. The molecule has 11 heteroatoms. The third-order valence-corrected chi connectivity index (χ3v) is 9.22. The number of thiazole rings is 1. The van der Waals surface area contributed by atoms with Gasteiger partial charge in [-0.3, -0.25) is 9.69 Å². The van der Waals surface area contributed by atoms with Crippen LogP contribution in [0.2, 0.25) is 0 Å². The Morgan fingerprint density at radius 3 is 2.68 bits per heavy atom. The zero-order chi connectivity index (χ0) is 26.4. The maximum atomic E-state index is 13.0. The Hall–Kier alpha value is -2.70. The third-order valence-electron chi connectivity index (χ3n) is 5.43. The summed E-state index contributed by atoms with van der Waals surface area (Å²) in [5.74, 6) is 0.959. The maximum Gasteiger partial charge on any atom is 0.320 e. The predicted octanol–water partition coefficient (Wildman–Crippen LogP) is 5.06. The number of fused-ring (bicyclic) bond motifs is 1. The van der Waals surface area contributed by atoms with Gasteiger partial charge in [0.2, 0.25) is 4.21 Å². The Morgan fingerprint density at radius 1 is 1.22 bits per heavy atom. The van der Waals surface area contributed by atoms with Crippen LogP contribution in [0.5, 0.6) is 5.75 Å². The lowest BCUT2D eigenvalue weighted by atomic mass is 10.0. The summed E-state index contributed by atoms with van der Waals surface area (Å²) in [5.41, 5.74) is 9.71. The predicted molar refractivity (Wildman–Crippen MR) is 152 cm³/mol. The molecule has 0 saturated carbocycles. The molecule has 8 nitrogen and oxygen atoms in total. The van der Waals surface area contributed by atoms with Crippen LogP contribution in [-0.4, -0.2) is 65.0 Å². The van der Waals surface area contributed by atoms with E-state index < -0.39 is 11.2 Å². The van der Waals surface area contributed by atoms with E-state index in [0.717, 1.165) is 44.9 Å². The van der Waals surface area contributed by atoms with E-state index in [-0.39, 0.29) is 25.7 Å². The molecule has 1 aromatic carbocycles. The second-order valence-electron chi connectivity index (χ2n) is 8.61. The number of carbonyl (C=O) groups excluding carboxylic acids is 1. The number of hydrogen-bond donors (Lipinski definition) is 1. The zero-order valence-electron chi connectivity index (χ0n) is 21.1. The van der Waals surface area contributed by atoms with Gasteiger partial charge in [0.05, 0.1) is 6.54 Å². The molecule has 0 aliphatic carbocycles. The lowest BCUT2D eigenvalue weighted by Gasteiger charge is -2.11. The van der Waals surface area contributed by atoms with Crippen LogP contribution < -0.4 is 10.5 Å². The van der Waals surface area contributed by atoms with Crippen molar-refractivity contribution in [3.63, 3.8) is 0 Å². The number of aromatic nitrogens is 2. The van der Waals surface area contributed by atoms with Crippen LogP contribution in [0.1, 0.15) is 19.8 Å². The molecule has 0 fully saturated rings. The van der Waals surface area contributed by atoms with Crippen molar-refractivity contribution >= 4 is 55.7 Å². The summed E-state index contributed by atoms with van der Waals surface area (Å²) in [6, 6.07) is 9.64. The number of carbonyl (C=O) groups is 1. The van der Waals surface area contributed by atoms with Crippen LogP contribution in [0.15, 0.2) is 46.1 Å². The minimum absolute atomic E-state index is 0.181. The van der Waals surface area contributed by atoms with Gasteiger partial charge in [-0.25, -0.2) is 9.97 Å². The molecule has 0 spiro atoms. The number of nitrogens with two attached hydrogens (primary N) is 1. The van der Waals surface area contributed by atoms with Crippen molar-refractivity contribution in [3.05, 3.63) is 41.9 Å². The Labute approximate surface area is 227 Å². The molecule has 2 N–H and O–H groups in total. The number of thiophene rings is 1. The molecule has 0 bridgehead atoms. The first-order chi connectivity index (χ1) is 17.9. The molecular formula is C26H30N4O4S3. The number of esters is 1. The van der Waals surface area contributed by atoms with Gasteiger partial charge in [-0.15, -0.1) is 11.3 Å². The fourth-order valence-corrected chi connectivity index (χ4v) is 7.07. The van der Waals surface area contributed by atoms with E-state index in [2.05, 4.69) is 11.9 Å². The summed E-state index contributed by atoms with van der Waals surface area (Å²) < 4.78 is 24.6. The molecule has 0 radical (unpaired) electrons. The van der Waals surface area contributed by atoms with E-state index in [1.165, 1.54) is 22.7 Å². The molecule has 4 aromatic rings. The van der Waals surface area contributed by atoms with Crippen LogP contribution in [0.3, 0.4) is 0 Å². The van der Waals surface area contributed by atoms with Crippen molar-refractivity contribution in [2.75, 3.05) is 45.3 Å². The number of likely N-dealkylation sites (N-methyl/N-ethyl adjacent to an activating group) is 1. The fraction of sp³-hybridized carbons (Fsp3) is 0.346. The van der Waals surface area contributed by atoms with Gasteiger partial charge in [0, 0.05) is 17.0 Å². The highest BCUT2D eigenvalue weighted by Gasteiger charge is 2.25. The van der Waals surface area contributed by atoms with E-state index in [4.69, 9.17) is 20.2 Å². The number of nitrogens with zero attached hydrogens (tertiary/aromatic N) is 3. The standard InChI is InChI=1S/C26H30N4O4S3/c1-4-5-14-37(32)26-23(27)22-19(15-20(29-25(22)36-26)24-28-10-13-35-24)17-6-8-18(9-7-17)33-11-12-34-21(31)16-30(2)3/h6-10,13,15H,4-5,11-12,14,16,27H2,1-3H3. The van der Waals surface area contributed by atoms with Crippen molar-refractivity contribution in [2.45, 2.75) is 24.0 Å². The highest BCUT2D eigenvalue weighted by atomic mass is 32.2. The molecule has 0 saturated heterocycles. The Kier molecular flexibility index (Phi) is 9.38. The summed E-state index contributed by atoms with van der Waals surface area (Å²) in [5, 5.41) is 3.54. The van der Waals surface area contributed by atoms with Crippen LogP contribution in [0.25, 0.3) is 32.0 Å². The lowest BCUT2D eigenvalue weighted by molar-refractivity contribution is -0.145. The molecule has 0 aliphatic heterocycles. The van der Waals surface area contributed by atoms with E-state index in [9.17, 15) is 9.35 Å². The molecule has 0 amide bonds. The number of ether oxygens (including phenoxy) is 2. The van der Waals surface area contributed by atoms with Crippen LogP contribution in [0, 0.1) is 0 Å². The first-order valence-electron chi connectivity index (χ1n) is 11.9. The molecular weight excluding hydrogens is 529 g/mol. The largest absolute Gasteiger partial charge is 0.611 e. The van der Waals surface area contributed by atoms with Crippen molar-refractivity contribution in [2.24, 2.45) is 0 Å². The highest BCUT2D eigenvalue weighted by Crippen LogP contribution is 2.44. The van der Waals surface area contributed by atoms with Crippen molar-refractivity contribution < 1.29 is 18.8 Å². The molecule has 37 heavy (non-hydrogen) atoms. The van der Waals surface area contributed by atoms with E-state index >= 15 is 0 Å². The minimum Gasteiger partial charge on any atom is -0.611 e. The van der Waals surface area contributed by atoms with Gasteiger partial charge in [0.1, 0.15) is 45.9 Å². The molecule has 4 rings (SSSR count). The number of nitrogen functional groups attached to an aromatic ring is 1. The average molecular weight is 559 g/mol. The number of unbranched alkanes of at least 4 members (excludes halogenated alkanes) is 1. The van der Waals surface area contributed by atoms with Gasteiger partial charge < -0.3 is 19.8 Å². The third kappa shape index (κ3) is 6.79. The summed E-state index contributed by atoms with van der Waals surface area (Å²) in [7, 11) is 3.62.